The summed E-state index contributed by atoms with van der Waals surface area (Å²) in [4.78, 5) is 13.1. The maximum Gasteiger partial charge on any atom is 0.304 e. The van der Waals surface area contributed by atoms with E-state index >= 15 is 0 Å². The number of nitriles is 1. The summed E-state index contributed by atoms with van der Waals surface area (Å²) in [5, 5.41) is 21.8. The summed E-state index contributed by atoms with van der Waals surface area (Å²) in [6, 6.07) is 17.7. The van der Waals surface area contributed by atoms with Gasteiger partial charge in [-0.2, -0.15) is 5.26 Å². The van der Waals surface area contributed by atoms with Crippen LogP contribution in [0.3, 0.4) is 0 Å². The fourth-order valence-electron chi connectivity index (χ4n) is 4.92. The molecule has 32 heavy (non-hydrogen) atoms. The van der Waals surface area contributed by atoms with Gasteiger partial charge in [-0.3, -0.25) is 4.79 Å². The Labute approximate surface area is 188 Å². The number of rotatable bonds is 9. The largest absolute Gasteiger partial charge is 0.481 e. The zero-order valence-electron chi connectivity index (χ0n) is 18.3. The van der Waals surface area contributed by atoms with Crippen LogP contribution in [0.4, 0.5) is 4.39 Å². The van der Waals surface area contributed by atoms with Gasteiger partial charge in [0, 0.05) is 25.0 Å². The van der Waals surface area contributed by atoms with Gasteiger partial charge in [0.2, 0.25) is 0 Å². The van der Waals surface area contributed by atoms with E-state index < -0.39 is 5.97 Å². The second-order valence-electron chi connectivity index (χ2n) is 9.32. The minimum Gasteiger partial charge on any atom is -0.481 e. The van der Waals surface area contributed by atoms with Crippen molar-refractivity contribution in [2.75, 3.05) is 26.2 Å². The van der Waals surface area contributed by atoms with Crippen LogP contribution in [0.15, 0.2) is 48.5 Å². The lowest BCUT2D eigenvalue weighted by atomic mass is 9.73. The summed E-state index contributed by atoms with van der Waals surface area (Å²) in [5.74, 6) is -0.551. The fraction of sp³-hybridized carbons (Fsp3) is 0.462. The van der Waals surface area contributed by atoms with E-state index in [-0.39, 0.29) is 17.7 Å². The molecule has 0 radical (unpaired) electrons. The number of hydrogen-bond donors (Lipinski definition) is 2. The minimum atomic E-state index is -0.774. The van der Waals surface area contributed by atoms with Gasteiger partial charge in [-0.1, -0.05) is 36.4 Å². The second kappa shape index (κ2) is 9.81. The molecule has 4 rings (SSSR count). The highest BCUT2D eigenvalue weighted by Gasteiger charge is 2.41. The van der Waals surface area contributed by atoms with Crippen LogP contribution in [0.1, 0.15) is 48.3 Å². The predicted octanol–water partition coefficient (Wildman–Crippen LogP) is 3.94. The van der Waals surface area contributed by atoms with Gasteiger partial charge in [0.05, 0.1) is 18.1 Å². The third kappa shape index (κ3) is 5.53. The number of benzene rings is 2. The number of hydrogen-bond acceptors (Lipinski definition) is 4. The molecular formula is C26H30FN3O2. The standard InChI is InChI=1S/C26H30FN3O2/c27-23-14-19(17-28)6-7-21(23)16-26(9-12-30(13-10-26)11-8-25(31)32)18-29-24-15-22(24)20-4-2-1-3-5-20/h1-7,14,22,24,29H,8-13,15-16,18H2,(H,31,32)/t22?,24-/m1/s1. The van der Waals surface area contributed by atoms with Gasteiger partial charge >= 0.3 is 5.97 Å². The third-order valence-electron chi connectivity index (χ3n) is 7.06. The Balaban J connectivity index is 1.43. The number of likely N-dealkylation sites (tertiary alicyclic amines) is 1. The molecule has 0 amide bonds. The summed E-state index contributed by atoms with van der Waals surface area (Å²) in [6.45, 7) is 3.01. The maximum atomic E-state index is 14.7. The highest BCUT2D eigenvalue weighted by Crippen LogP contribution is 2.42. The van der Waals surface area contributed by atoms with E-state index in [1.165, 1.54) is 11.6 Å². The van der Waals surface area contributed by atoms with Crippen LogP contribution in [0.2, 0.25) is 0 Å². The predicted molar refractivity (Wildman–Crippen MR) is 121 cm³/mol. The van der Waals surface area contributed by atoms with Crippen LogP contribution in [0, 0.1) is 22.6 Å². The molecule has 1 heterocycles. The highest BCUT2D eigenvalue weighted by molar-refractivity contribution is 5.66. The molecule has 2 N–H and O–H groups in total. The number of halogens is 1. The van der Waals surface area contributed by atoms with Crippen molar-refractivity contribution in [1.29, 1.82) is 5.26 Å². The third-order valence-corrected chi connectivity index (χ3v) is 7.06. The highest BCUT2D eigenvalue weighted by atomic mass is 19.1. The van der Waals surface area contributed by atoms with Crippen LogP contribution in [0.5, 0.6) is 0 Å². The molecule has 2 atom stereocenters. The molecule has 6 heteroatoms. The van der Waals surface area contributed by atoms with Crippen molar-refractivity contribution in [3.63, 3.8) is 0 Å². The van der Waals surface area contributed by atoms with E-state index in [0.29, 0.717) is 36.1 Å². The van der Waals surface area contributed by atoms with Gasteiger partial charge in [-0.25, -0.2) is 4.39 Å². The molecular weight excluding hydrogens is 405 g/mol. The number of aliphatic carboxylic acids is 1. The zero-order valence-corrected chi connectivity index (χ0v) is 18.3. The molecule has 0 aromatic heterocycles. The van der Waals surface area contributed by atoms with E-state index in [9.17, 15) is 9.18 Å². The fourth-order valence-corrected chi connectivity index (χ4v) is 4.92. The lowest BCUT2D eigenvalue weighted by Gasteiger charge is -2.42. The van der Waals surface area contributed by atoms with Crippen molar-refractivity contribution in [2.24, 2.45) is 5.41 Å². The van der Waals surface area contributed by atoms with Crippen LogP contribution in [-0.4, -0.2) is 48.2 Å². The van der Waals surface area contributed by atoms with E-state index in [1.54, 1.807) is 12.1 Å². The SMILES string of the molecule is N#Cc1ccc(CC2(CN[C@@H]3CC3c3ccccc3)CCN(CCC(=O)O)CC2)c(F)c1. The zero-order chi connectivity index (χ0) is 22.6. The molecule has 0 spiro atoms. The van der Waals surface area contributed by atoms with Crippen LogP contribution >= 0.6 is 0 Å². The van der Waals surface area contributed by atoms with Crippen molar-refractivity contribution in [1.82, 2.24) is 10.2 Å². The lowest BCUT2D eigenvalue weighted by Crippen LogP contribution is -2.47. The summed E-state index contributed by atoms with van der Waals surface area (Å²) in [7, 11) is 0. The molecule has 5 nitrogen and oxygen atoms in total. The Morgan fingerprint density at radius 2 is 1.97 bits per heavy atom. The molecule has 1 saturated carbocycles. The molecule has 1 saturated heterocycles. The molecule has 0 bridgehead atoms. The molecule has 1 aliphatic carbocycles. The molecule has 2 aliphatic rings. The summed E-state index contributed by atoms with van der Waals surface area (Å²) < 4.78 is 14.7. The summed E-state index contributed by atoms with van der Waals surface area (Å²) >= 11 is 0. The average Bonchev–Trinajstić information content (AvgIpc) is 3.59. The Bertz CT molecular complexity index is 980. The number of nitrogens with one attached hydrogen (secondary N) is 1. The van der Waals surface area contributed by atoms with Gasteiger partial charge in [0.15, 0.2) is 0 Å². The normalized spacial score (nSPS) is 22.2. The topological polar surface area (TPSA) is 76.4 Å². The first-order valence-electron chi connectivity index (χ1n) is 11.4. The minimum absolute atomic E-state index is 0.0848. The maximum absolute atomic E-state index is 14.7. The van der Waals surface area contributed by atoms with Gasteiger partial charge < -0.3 is 15.3 Å². The summed E-state index contributed by atoms with van der Waals surface area (Å²) in [6.07, 6.45) is 3.67. The Kier molecular flexibility index (Phi) is 6.88. The number of nitrogens with zero attached hydrogens (tertiary/aromatic N) is 2. The van der Waals surface area contributed by atoms with Crippen molar-refractivity contribution < 1.29 is 14.3 Å². The molecule has 2 fully saturated rings. The number of piperidine rings is 1. The van der Waals surface area contributed by atoms with Crippen molar-refractivity contribution in [3.05, 3.63) is 71.0 Å². The van der Waals surface area contributed by atoms with E-state index in [0.717, 1.165) is 38.9 Å². The second-order valence-corrected chi connectivity index (χ2v) is 9.32. The van der Waals surface area contributed by atoms with Crippen LogP contribution in [-0.2, 0) is 11.2 Å². The molecule has 1 aliphatic heterocycles. The number of carboxylic acid groups (broad SMARTS) is 1. The monoisotopic (exact) mass is 435 g/mol. The average molecular weight is 436 g/mol. The first kappa shape index (κ1) is 22.4. The molecule has 1 unspecified atom stereocenters. The Morgan fingerprint density at radius 3 is 2.62 bits per heavy atom. The van der Waals surface area contributed by atoms with Crippen LogP contribution in [0.25, 0.3) is 0 Å². The molecule has 168 valence electrons. The van der Waals surface area contributed by atoms with Gasteiger partial charge in [0.25, 0.3) is 0 Å². The lowest BCUT2D eigenvalue weighted by molar-refractivity contribution is -0.137. The van der Waals surface area contributed by atoms with Gasteiger partial charge in [0.1, 0.15) is 5.82 Å². The van der Waals surface area contributed by atoms with E-state index in [2.05, 4.69) is 34.5 Å². The first-order valence-corrected chi connectivity index (χ1v) is 11.4. The van der Waals surface area contributed by atoms with E-state index in [1.807, 2.05) is 12.1 Å². The Morgan fingerprint density at radius 1 is 1.22 bits per heavy atom. The number of carbonyl (C=O) groups is 1. The Hall–Kier alpha value is -2.75. The van der Waals surface area contributed by atoms with Crippen molar-refractivity contribution >= 4 is 5.97 Å². The quantitative estimate of drug-likeness (QED) is 0.624. The summed E-state index contributed by atoms with van der Waals surface area (Å²) in [5.41, 5.74) is 2.27. The number of carboxylic acids is 1. The van der Waals surface area contributed by atoms with Gasteiger partial charge in [-0.05, 0) is 67.4 Å². The van der Waals surface area contributed by atoms with Crippen molar-refractivity contribution in [3.8, 4) is 6.07 Å². The van der Waals surface area contributed by atoms with Crippen molar-refractivity contribution in [2.45, 2.75) is 44.1 Å². The smallest absolute Gasteiger partial charge is 0.304 e. The molecule has 2 aromatic rings. The van der Waals surface area contributed by atoms with E-state index in [4.69, 9.17) is 10.4 Å². The first-order chi connectivity index (χ1) is 15.5. The van der Waals surface area contributed by atoms with Gasteiger partial charge in [-0.15, -0.1) is 0 Å². The molecule has 2 aromatic carbocycles. The van der Waals surface area contributed by atoms with Crippen LogP contribution < -0.4 is 5.32 Å².